The third-order valence-corrected chi connectivity index (χ3v) is 3.81. The van der Waals surface area contributed by atoms with Gasteiger partial charge >= 0.3 is 6.61 Å². The van der Waals surface area contributed by atoms with E-state index >= 15 is 0 Å². The maximum atomic E-state index is 12.2. The summed E-state index contributed by atoms with van der Waals surface area (Å²) in [5, 5.41) is 2.71. The molecule has 2 atom stereocenters. The fraction of sp³-hybridized carbons (Fsp3) is 0.533. The summed E-state index contributed by atoms with van der Waals surface area (Å²) < 4.78 is 34.1. The van der Waals surface area contributed by atoms with E-state index in [0.29, 0.717) is 18.8 Å². The summed E-state index contributed by atoms with van der Waals surface area (Å²) >= 11 is 5.85. The van der Waals surface area contributed by atoms with Gasteiger partial charge in [-0.1, -0.05) is 11.6 Å². The van der Waals surface area contributed by atoms with E-state index in [9.17, 15) is 13.6 Å². The Balaban J connectivity index is 1.93. The molecule has 1 heterocycles. The van der Waals surface area contributed by atoms with Crippen LogP contribution in [0, 0.1) is 0 Å². The molecule has 2 unspecified atom stereocenters. The Kier molecular flexibility index (Phi) is 6.15. The number of amides is 1. The van der Waals surface area contributed by atoms with Gasteiger partial charge in [-0.15, -0.1) is 0 Å². The molecule has 0 aliphatic carbocycles. The van der Waals surface area contributed by atoms with Crippen LogP contribution in [0.4, 0.5) is 14.5 Å². The lowest BCUT2D eigenvalue weighted by molar-refractivity contribution is -0.121. The number of carbonyl (C=O) groups excluding carboxylic acids is 1. The van der Waals surface area contributed by atoms with Crippen LogP contribution in [-0.4, -0.2) is 49.3 Å². The zero-order chi connectivity index (χ0) is 17.0. The van der Waals surface area contributed by atoms with Crippen molar-refractivity contribution in [1.29, 1.82) is 0 Å². The Labute approximate surface area is 138 Å². The maximum absolute atomic E-state index is 12.2. The molecule has 0 radical (unpaired) electrons. The van der Waals surface area contributed by atoms with Gasteiger partial charge in [0.15, 0.2) is 0 Å². The van der Waals surface area contributed by atoms with E-state index in [1.54, 1.807) is 0 Å². The number of morpholine rings is 1. The number of ether oxygens (including phenoxy) is 2. The Hall–Kier alpha value is -1.44. The molecule has 0 spiro atoms. The quantitative estimate of drug-likeness (QED) is 0.888. The average molecular weight is 349 g/mol. The lowest BCUT2D eigenvalue weighted by Crippen LogP contribution is -2.50. The summed E-state index contributed by atoms with van der Waals surface area (Å²) in [7, 11) is 0. The van der Waals surface area contributed by atoms with Gasteiger partial charge in [-0.25, -0.2) is 0 Å². The second kappa shape index (κ2) is 7.90. The molecule has 1 amide bonds. The van der Waals surface area contributed by atoms with Crippen molar-refractivity contribution >= 4 is 23.2 Å². The van der Waals surface area contributed by atoms with Gasteiger partial charge in [-0.05, 0) is 32.0 Å². The SMILES string of the molecule is CC1CN(CC(=O)Nc2ccc(OC(F)F)c(Cl)c2)C(C)CO1. The second-order valence-corrected chi connectivity index (χ2v) is 5.90. The van der Waals surface area contributed by atoms with Crippen LogP contribution in [0.1, 0.15) is 13.8 Å². The van der Waals surface area contributed by atoms with E-state index in [1.165, 1.54) is 18.2 Å². The summed E-state index contributed by atoms with van der Waals surface area (Å²) in [5.41, 5.74) is 0.426. The van der Waals surface area contributed by atoms with Crippen molar-refractivity contribution in [3.8, 4) is 5.75 Å². The maximum Gasteiger partial charge on any atom is 0.387 e. The minimum atomic E-state index is -2.95. The molecule has 1 fully saturated rings. The van der Waals surface area contributed by atoms with Crippen LogP contribution >= 0.6 is 11.6 Å². The minimum Gasteiger partial charge on any atom is -0.433 e. The molecule has 1 aliphatic heterocycles. The average Bonchev–Trinajstić information content (AvgIpc) is 2.45. The van der Waals surface area contributed by atoms with E-state index in [4.69, 9.17) is 16.3 Å². The highest BCUT2D eigenvalue weighted by Crippen LogP contribution is 2.29. The predicted octanol–water partition coefficient (Wildman–Crippen LogP) is 2.99. The van der Waals surface area contributed by atoms with Crippen LogP contribution < -0.4 is 10.1 Å². The van der Waals surface area contributed by atoms with Crippen molar-refractivity contribution in [2.75, 3.05) is 25.0 Å². The first-order valence-electron chi connectivity index (χ1n) is 7.25. The summed E-state index contributed by atoms with van der Waals surface area (Å²) in [5.74, 6) is -0.333. The summed E-state index contributed by atoms with van der Waals surface area (Å²) in [6.45, 7) is 2.49. The van der Waals surface area contributed by atoms with Gasteiger partial charge in [-0.3, -0.25) is 9.69 Å². The van der Waals surface area contributed by atoms with Crippen molar-refractivity contribution in [2.45, 2.75) is 32.6 Å². The zero-order valence-electron chi connectivity index (χ0n) is 12.9. The smallest absolute Gasteiger partial charge is 0.387 e. The number of nitrogens with one attached hydrogen (secondary N) is 1. The first-order valence-corrected chi connectivity index (χ1v) is 7.63. The molecule has 1 aromatic rings. The van der Waals surface area contributed by atoms with E-state index in [1.807, 2.05) is 18.7 Å². The fourth-order valence-electron chi connectivity index (χ4n) is 2.35. The van der Waals surface area contributed by atoms with Crippen molar-refractivity contribution in [2.24, 2.45) is 0 Å². The monoisotopic (exact) mass is 348 g/mol. The fourth-order valence-corrected chi connectivity index (χ4v) is 2.57. The van der Waals surface area contributed by atoms with Crippen LogP contribution in [-0.2, 0) is 9.53 Å². The van der Waals surface area contributed by atoms with Crippen molar-refractivity contribution in [1.82, 2.24) is 4.90 Å². The highest BCUT2D eigenvalue weighted by atomic mass is 35.5. The molecule has 1 aromatic carbocycles. The molecular formula is C15H19ClF2N2O3. The number of hydrogen-bond donors (Lipinski definition) is 1. The van der Waals surface area contributed by atoms with Crippen LogP contribution in [0.5, 0.6) is 5.75 Å². The molecule has 0 aromatic heterocycles. The summed E-state index contributed by atoms with van der Waals surface area (Å²) in [4.78, 5) is 14.1. The van der Waals surface area contributed by atoms with E-state index in [0.717, 1.165) is 0 Å². The van der Waals surface area contributed by atoms with Crippen molar-refractivity contribution in [3.63, 3.8) is 0 Å². The minimum absolute atomic E-state index is 0.0106. The van der Waals surface area contributed by atoms with Crippen LogP contribution in [0.25, 0.3) is 0 Å². The number of nitrogens with zero attached hydrogens (tertiary/aromatic N) is 1. The molecule has 5 nitrogen and oxygen atoms in total. The Morgan fingerprint density at radius 2 is 2.26 bits per heavy atom. The number of hydrogen-bond acceptors (Lipinski definition) is 4. The lowest BCUT2D eigenvalue weighted by Gasteiger charge is -2.36. The molecule has 128 valence electrons. The van der Waals surface area contributed by atoms with Gasteiger partial charge < -0.3 is 14.8 Å². The van der Waals surface area contributed by atoms with Crippen LogP contribution in [0.2, 0.25) is 5.02 Å². The number of rotatable bonds is 5. The van der Waals surface area contributed by atoms with Gasteiger partial charge in [0.1, 0.15) is 5.75 Å². The molecule has 0 saturated carbocycles. The normalized spacial score (nSPS) is 22.2. The summed E-state index contributed by atoms with van der Waals surface area (Å²) in [6, 6.07) is 4.29. The van der Waals surface area contributed by atoms with Crippen molar-refractivity contribution in [3.05, 3.63) is 23.2 Å². The van der Waals surface area contributed by atoms with Gasteiger partial charge in [0.25, 0.3) is 0 Å². The molecule has 1 saturated heterocycles. The second-order valence-electron chi connectivity index (χ2n) is 5.49. The molecule has 8 heteroatoms. The first kappa shape index (κ1) is 17.9. The molecule has 2 rings (SSSR count). The molecular weight excluding hydrogens is 330 g/mol. The van der Waals surface area contributed by atoms with E-state index in [2.05, 4.69) is 10.1 Å². The highest BCUT2D eigenvalue weighted by molar-refractivity contribution is 6.32. The van der Waals surface area contributed by atoms with Crippen LogP contribution in [0.15, 0.2) is 18.2 Å². The number of anilines is 1. The standard InChI is InChI=1S/C15H19ClF2N2O3/c1-9-8-22-10(2)6-20(9)7-14(21)19-11-3-4-13(12(16)5-11)23-15(17)18/h3-5,9-10,15H,6-8H2,1-2H3,(H,19,21). The largest absolute Gasteiger partial charge is 0.433 e. The molecule has 23 heavy (non-hydrogen) atoms. The van der Waals surface area contributed by atoms with Gasteiger partial charge in [0.2, 0.25) is 5.91 Å². The third kappa shape index (κ3) is 5.30. The van der Waals surface area contributed by atoms with Crippen LogP contribution in [0.3, 0.4) is 0 Å². The number of halogens is 3. The Morgan fingerprint density at radius 3 is 2.91 bits per heavy atom. The van der Waals surface area contributed by atoms with E-state index in [-0.39, 0.29) is 35.4 Å². The number of alkyl halides is 2. The third-order valence-electron chi connectivity index (χ3n) is 3.52. The Bertz CT molecular complexity index is 560. The van der Waals surface area contributed by atoms with Gasteiger partial charge in [-0.2, -0.15) is 8.78 Å². The van der Waals surface area contributed by atoms with Crippen molar-refractivity contribution < 1.29 is 23.0 Å². The molecule has 0 bridgehead atoms. The molecule has 1 aliphatic rings. The highest BCUT2D eigenvalue weighted by Gasteiger charge is 2.25. The number of carbonyl (C=O) groups is 1. The van der Waals surface area contributed by atoms with Gasteiger partial charge in [0.05, 0.1) is 24.3 Å². The van der Waals surface area contributed by atoms with E-state index < -0.39 is 6.61 Å². The molecule has 1 N–H and O–H groups in total. The number of benzene rings is 1. The first-order chi connectivity index (χ1) is 10.8. The predicted molar refractivity (Wildman–Crippen MR) is 83.2 cm³/mol. The summed E-state index contributed by atoms with van der Waals surface area (Å²) in [6.07, 6.45) is 0.0826. The Morgan fingerprint density at radius 1 is 1.52 bits per heavy atom. The topological polar surface area (TPSA) is 50.8 Å². The zero-order valence-corrected chi connectivity index (χ0v) is 13.6. The van der Waals surface area contributed by atoms with Gasteiger partial charge in [0, 0.05) is 18.3 Å². The lowest BCUT2D eigenvalue weighted by atomic mass is 10.2.